The molecule has 8 heteroatoms. The van der Waals surface area contributed by atoms with E-state index in [1.165, 1.54) is 0 Å². The standard InChI is InChI=1S/C6H12O2.Na.H2O4S.H/c1-2-5-8-6-3-4-7;;1-5(2,3)4;/h2,7H,1,3-6H2;;(H2,1,2,3,4);/q;+1;;-1. The molecule has 0 unspecified atom stereocenters. The van der Waals surface area contributed by atoms with Crippen LogP contribution in [-0.2, 0) is 15.1 Å². The van der Waals surface area contributed by atoms with Gasteiger partial charge in [-0.2, -0.15) is 8.42 Å². The summed E-state index contributed by atoms with van der Waals surface area (Å²) in [4.78, 5) is 0. The van der Waals surface area contributed by atoms with E-state index in [2.05, 4.69) is 6.58 Å². The molecule has 0 rings (SSSR count). The summed E-state index contributed by atoms with van der Waals surface area (Å²) in [6.07, 6.45) is 2.41. The van der Waals surface area contributed by atoms with Gasteiger partial charge in [0.25, 0.3) is 0 Å². The number of aliphatic hydroxyl groups excluding tert-OH is 1. The molecule has 3 N–H and O–H groups in total. The number of hydrogen-bond donors (Lipinski definition) is 3. The second kappa shape index (κ2) is 13.5. The fourth-order valence-electron chi connectivity index (χ4n) is 0.333. The maximum Gasteiger partial charge on any atom is 1.00 e. The van der Waals surface area contributed by atoms with Crippen LogP contribution in [0.4, 0.5) is 0 Å². The molecule has 0 fully saturated rings. The Bertz CT molecular complexity index is 200. The van der Waals surface area contributed by atoms with Crippen molar-refractivity contribution >= 4 is 10.4 Å². The minimum absolute atomic E-state index is 0. The topological polar surface area (TPSA) is 104 Å². The molecule has 0 aromatic carbocycles. The smallest absolute Gasteiger partial charge is 1.00 e. The van der Waals surface area contributed by atoms with Crippen LogP contribution in [-0.4, -0.2) is 42.5 Å². The van der Waals surface area contributed by atoms with E-state index in [-0.39, 0.29) is 37.6 Å². The molecule has 0 aliphatic heterocycles. The molecule has 0 radical (unpaired) electrons. The Labute approximate surface area is 107 Å². The van der Waals surface area contributed by atoms with Gasteiger partial charge < -0.3 is 11.3 Å². The third-order valence-electron chi connectivity index (χ3n) is 0.682. The molecule has 0 aliphatic carbocycles. The molecule has 0 aliphatic rings. The molecule has 0 amide bonds. The Morgan fingerprint density at radius 3 is 2.14 bits per heavy atom. The van der Waals surface area contributed by atoms with Gasteiger partial charge >= 0.3 is 40.0 Å². The molecule has 0 heterocycles. The third kappa shape index (κ3) is 54.5. The first-order valence-corrected chi connectivity index (χ1v) is 4.81. The first-order valence-electron chi connectivity index (χ1n) is 3.41. The van der Waals surface area contributed by atoms with Crippen molar-refractivity contribution in [3.8, 4) is 0 Å². The molecule has 0 aromatic heterocycles. The first-order chi connectivity index (χ1) is 5.91. The monoisotopic (exact) mass is 238 g/mol. The Hall–Kier alpha value is 0.530. The summed E-state index contributed by atoms with van der Waals surface area (Å²) in [5.41, 5.74) is 0. The molecular weight excluding hydrogens is 223 g/mol. The summed E-state index contributed by atoms with van der Waals surface area (Å²) in [6, 6.07) is 0. The van der Waals surface area contributed by atoms with Crippen LogP contribution in [0.5, 0.6) is 0 Å². The van der Waals surface area contributed by atoms with Crippen LogP contribution < -0.4 is 29.6 Å². The summed E-state index contributed by atoms with van der Waals surface area (Å²) in [6.45, 7) is 4.89. The molecule has 0 atom stereocenters. The normalized spacial score (nSPS) is 9.36. The summed E-state index contributed by atoms with van der Waals surface area (Å²) >= 11 is 0. The van der Waals surface area contributed by atoms with Crippen LogP contribution in [0, 0.1) is 0 Å². The zero-order chi connectivity index (χ0) is 10.7. The van der Waals surface area contributed by atoms with Crippen molar-refractivity contribution in [2.45, 2.75) is 6.42 Å². The molecule has 0 saturated heterocycles. The molecule has 6 nitrogen and oxygen atoms in total. The van der Waals surface area contributed by atoms with E-state index in [1.54, 1.807) is 6.08 Å². The zero-order valence-electron chi connectivity index (χ0n) is 9.09. The molecule has 82 valence electrons. The summed E-state index contributed by atoms with van der Waals surface area (Å²) in [7, 11) is -4.67. The molecular formula is C6H15NaO6S. The van der Waals surface area contributed by atoms with Crippen LogP contribution >= 0.6 is 0 Å². The van der Waals surface area contributed by atoms with Crippen LogP contribution in [0.25, 0.3) is 0 Å². The maximum absolute atomic E-state index is 8.74. The maximum atomic E-state index is 8.74. The van der Waals surface area contributed by atoms with Crippen molar-refractivity contribution < 1.29 is 58.4 Å². The van der Waals surface area contributed by atoms with Crippen molar-refractivity contribution in [1.29, 1.82) is 0 Å². The van der Waals surface area contributed by atoms with Gasteiger partial charge in [0.15, 0.2) is 0 Å². The predicted octanol–water partition coefficient (Wildman–Crippen LogP) is -2.96. The van der Waals surface area contributed by atoms with E-state index >= 15 is 0 Å². The Balaban J connectivity index is -0.0000000770. The van der Waals surface area contributed by atoms with Gasteiger partial charge in [0.2, 0.25) is 0 Å². The van der Waals surface area contributed by atoms with Crippen molar-refractivity contribution in [2.24, 2.45) is 0 Å². The van der Waals surface area contributed by atoms with E-state index in [4.69, 9.17) is 27.4 Å². The van der Waals surface area contributed by atoms with Crippen molar-refractivity contribution in [1.82, 2.24) is 0 Å². The van der Waals surface area contributed by atoms with E-state index in [0.717, 1.165) is 0 Å². The minimum Gasteiger partial charge on any atom is -1.00 e. The number of rotatable bonds is 5. The van der Waals surface area contributed by atoms with Crippen LogP contribution in [0.15, 0.2) is 12.7 Å². The van der Waals surface area contributed by atoms with Gasteiger partial charge in [0.1, 0.15) is 0 Å². The summed E-state index contributed by atoms with van der Waals surface area (Å²) < 4.78 is 36.5. The van der Waals surface area contributed by atoms with Gasteiger partial charge in [-0.15, -0.1) is 6.58 Å². The number of aliphatic hydroxyl groups is 1. The zero-order valence-corrected chi connectivity index (χ0v) is 10.9. The molecule has 0 saturated carbocycles. The van der Waals surface area contributed by atoms with E-state index in [9.17, 15) is 0 Å². The largest absolute Gasteiger partial charge is 1.00 e. The van der Waals surface area contributed by atoms with Gasteiger partial charge in [0.05, 0.1) is 6.61 Å². The minimum atomic E-state index is -4.67. The Kier molecular flexibility index (Phi) is 19.3. The van der Waals surface area contributed by atoms with Crippen molar-refractivity contribution in [3.05, 3.63) is 12.7 Å². The van der Waals surface area contributed by atoms with Crippen molar-refractivity contribution in [3.63, 3.8) is 0 Å². The van der Waals surface area contributed by atoms with E-state index in [0.29, 0.717) is 19.6 Å². The van der Waals surface area contributed by atoms with Gasteiger partial charge in [0, 0.05) is 13.2 Å². The van der Waals surface area contributed by atoms with E-state index < -0.39 is 10.4 Å². The van der Waals surface area contributed by atoms with Crippen LogP contribution in [0.3, 0.4) is 0 Å². The molecule has 14 heavy (non-hydrogen) atoms. The SMILES string of the molecule is C=CCOCCCO.O=S(=O)(O)O.[H-].[Na+]. The Morgan fingerprint density at radius 1 is 1.43 bits per heavy atom. The molecule has 0 spiro atoms. The van der Waals surface area contributed by atoms with E-state index in [1.807, 2.05) is 0 Å². The fraction of sp³-hybridized carbons (Fsp3) is 0.667. The van der Waals surface area contributed by atoms with Gasteiger partial charge in [-0.05, 0) is 6.42 Å². The van der Waals surface area contributed by atoms with Gasteiger partial charge in [-0.3, -0.25) is 9.11 Å². The second-order valence-electron chi connectivity index (χ2n) is 1.89. The first kappa shape index (κ1) is 20.0. The van der Waals surface area contributed by atoms with Crippen molar-refractivity contribution in [2.75, 3.05) is 19.8 Å². The number of hydrogen-bond acceptors (Lipinski definition) is 4. The fourth-order valence-corrected chi connectivity index (χ4v) is 0.333. The summed E-state index contributed by atoms with van der Waals surface area (Å²) in [5.74, 6) is 0. The quantitative estimate of drug-likeness (QED) is 0.204. The van der Waals surface area contributed by atoms with Gasteiger partial charge in [-0.1, -0.05) is 6.08 Å². The Morgan fingerprint density at radius 2 is 1.86 bits per heavy atom. The third-order valence-corrected chi connectivity index (χ3v) is 0.682. The average molecular weight is 238 g/mol. The second-order valence-corrected chi connectivity index (χ2v) is 2.78. The van der Waals surface area contributed by atoms with Crippen LogP contribution in [0.2, 0.25) is 0 Å². The van der Waals surface area contributed by atoms with Crippen LogP contribution in [0.1, 0.15) is 7.85 Å². The molecule has 0 bridgehead atoms. The number of ether oxygens (including phenoxy) is 1. The average Bonchev–Trinajstić information content (AvgIpc) is 1.95. The van der Waals surface area contributed by atoms with Gasteiger partial charge in [-0.25, -0.2) is 0 Å². The summed E-state index contributed by atoms with van der Waals surface area (Å²) in [5, 5.41) is 8.26. The predicted molar refractivity (Wildman–Crippen MR) is 48.0 cm³/mol. The molecule has 0 aromatic rings.